The van der Waals surface area contributed by atoms with Gasteiger partial charge in [-0.1, -0.05) is 72.1 Å². The van der Waals surface area contributed by atoms with Crippen molar-refractivity contribution in [3.8, 4) is 0 Å². The second-order valence-corrected chi connectivity index (χ2v) is 16.2. The van der Waals surface area contributed by atoms with Gasteiger partial charge < -0.3 is 14.2 Å². The Hall–Kier alpha value is -3.03. The Morgan fingerprint density at radius 2 is 1.52 bits per heavy atom. The van der Waals surface area contributed by atoms with Crippen LogP contribution >= 0.6 is 0 Å². The summed E-state index contributed by atoms with van der Waals surface area (Å²) in [6.07, 6.45) is 8.73. The van der Waals surface area contributed by atoms with Crippen molar-refractivity contribution >= 4 is 18.2 Å². The lowest BCUT2D eigenvalue weighted by atomic mass is 9.47. The molecule has 48 heavy (non-hydrogen) atoms. The van der Waals surface area contributed by atoms with Crippen LogP contribution in [0.15, 0.2) is 41.5 Å². The maximum atomic E-state index is 14.0. The normalized spacial score (nSPS) is 34.3. The quantitative estimate of drug-likeness (QED) is 0.149. The predicted molar refractivity (Wildman–Crippen MR) is 185 cm³/mol. The third-order valence-corrected chi connectivity index (χ3v) is 13.2. The summed E-state index contributed by atoms with van der Waals surface area (Å²) in [4.78, 5) is 41.1. The van der Waals surface area contributed by atoms with Crippen LogP contribution in [0.4, 0.5) is 9.59 Å². The van der Waals surface area contributed by atoms with Crippen LogP contribution < -0.4 is 0 Å². The average Bonchev–Trinajstić information content (AvgIpc) is 3.37. The van der Waals surface area contributed by atoms with Gasteiger partial charge in [0.05, 0.1) is 30.9 Å². The van der Waals surface area contributed by atoms with Gasteiger partial charge in [0.1, 0.15) is 6.10 Å². The van der Waals surface area contributed by atoms with Gasteiger partial charge in [0.2, 0.25) is 0 Å². The molecular formula is C40H58N2O6. The zero-order valence-electron chi connectivity index (χ0n) is 30.3. The highest BCUT2D eigenvalue weighted by atomic mass is 16.6. The Bertz CT molecular complexity index is 1390. The number of fused-ring (bicyclic) bond motifs is 2. The lowest BCUT2D eigenvalue weighted by molar-refractivity contribution is -0.110. The number of nitrogens with zero attached hydrogens (tertiary/aromatic N) is 2. The van der Waals surface area contributed by atoms with Crippen molar-refractivity contribution in [2.75, 3.05) is 13.2 Å². The molecule has 4 unspecified atom stereocenters. The first-order valence-corrected chi connectivity index (χ1v) is 18.9. The lowest BCUT2D eigenvalue weighted by Gasteiger charge is -2.62. The van der Waals surface area contributed by atoms with Crippen molar-refractivity contribution in [1.82, 2.24) is 10.0 Å². The summed E-state index contributed by atoms with van der Waals surface area (Å²) in [6.45, 7) is 16.0. The number of carbonyl (C=O) groups is 3. The molecule has 2 amide bonds. The van der Waals surface area contributed by atoms with Crippen LogP contribution in [0.2, 0.25) is 0 Å². The number of hydrogen-bond donors (Lipinski definition) is 0. The molecule has 3 saturated carbocycles. The minimum atomic E-state index is -0.479. The van der Waals surface area contributed by atoms with Crippen molar-refractivity contribution in [1.29, 1.82) is 0 Å². The minimum Gasteiger partial charge on any atom is -0.459 e. The molecule has 9 atom stereocenters. The topological polar surface area (TPSA) is 85.4 Å². The Kier molecular flexibility index (Phi) is 9.94. The van der Waals surface area contributed by atoms with Gasteiger partial charge in [0.15, 0.2) is 0 Å². The van der Waals surface area contributed by atoms with E-state index in [9.17, 15) is 14.4 Å². The van der Waals surface area contributed by atoms with Crippen molar-refractivity contribution in [3.63, 3.8) is 0 Å². The van der Waals surface area contributed by atoms with Crippen molar-refractivity contribution in [2.24, 2.45) is 40.4 Å². The van der Waals surface area contributed by atoms with Gasteiger partial charge in [0.25, 0.3) is 0 Å². The molecule has 0 bridgehead atoms. The first-order valence-electron chi connectivity index (χ1n) is 18.9. The number of carbonyl (C=O) groups excluding carboxylic acids is 3. The molecule has 0 aromatic heterocycles. The Morgan fingerprint density at radius 3 is 2.17 bits per heavy atom. The van der Waals surface area contributed by atoms with Crippen molar-refractivity contribution < 1.29 is 28.6 Å². The highest BCUT2D eigenvalue weighted by Crippen LogP contribution is 2.68. The zero-order valence-corrected chi connectivity index (χ0v) is 30.3. The SMILES string of the molecule is CCOC(=O)N1[C@@H]2C[C@H]3C[C@@H](OC(=O)c4ccccc4)CCC3(C)C3CCC4(C)C(=C32)[C@H](CC4[C@H](C)CCCC(C)C)N1C(=O)OCC. The van der Waals surface area contributed by atoms with E-state index in [2.05, 4.69) is 34.6 Å². The van der Waals surface area contributed by atoms with Gasteiger partial charge in [-0.15, -0.1) is 0 Å². The highest BCUT2D eigenvalue weighted by molar-refractivity contribution is 5.89. The van der Waals surface area contributed by atoms with Gasteiger partial charge in [-0.3, -0.25) is 0 Å². The smallest absolute Gasteiger partial charge is 0.429 e. The fraction of sp³-hybridized carbons (Fsp3) is 0.725. The second kappa shape index (κ2) is 13.7. The van der Waals surface area contributed by atoms with Gasteiger partial charge in [-0.2, -0.15) is 0 Å². The van der Waals surface area contributed by atoms with Gasteiger partial charge in [-0.25, -0.2) is 24.4 Å². The van der Waals surface area contributed by atoms with Crippen LogP contribution in [0.3, 0.4) is 0 Å². The maximum Gasteiger partial charge on any atom is 0.429 e. The van der Waals surface area contributed by atoms with Crippen LogP contribution in [-0.4, -0.2) is 59.6 Å². The number of esters is 1. The molecule has 1 aromatic carbocycles. The number of amides is 2. The molecule has 1 aromatic rings. The van der Waals surface area contributed by atoms with E-state index < -0.39 is 12.2 Å². The molecule has 5 aliphatic rings. The fourth-order valence-corrected chi connectivity index (χ4v) is 10.9. The maximum absolute atomic E-state index is 14.0. The first kappa shape index (κ1) is 34.8. The van der Waals surface area contributed by atoms with Gasteiger partial charge >= 0.3 is 18.2 Å². The van der Waals surface area contributed by atoms with E-state index in [0.29, 0.717) is 35.7 Å². The Morgan fingerprint density at radius 1 is 0.854 bits per heavy atom. The molecule has 3 fully saturated rings. The number of benzene rings is 1. The molecule has 264 valence electrons. The average molecular weight is 663 g/mol. The second-order valence-electron chi connectivity index (χ2n) is 16.2. The van der Waals surface area contributed by atoms with Crippen molar-refractivity contribution in [3.05, 3.63) is 47.0 Å². The molecule has 0 saturated heterocycles. The first-order chi connectivity index (χ1) is 22.9. The summed E-state index contributed by atoms with van der Waals surface area (Å²) < 4.78 is 17.6. The van der Waals surface area contributed by atoms with Gasteiger partial charge in [-0.05, 0) is 122 Å². The summed E-state index contributed by atoms with van der Waals surface area (Å²) in [5.41, 5.74) is 3.36. The van der Waals surface area contributed by atoms with E-state index in [1.54, 1.807) is 22.2 Å². The summed E-state index contributed by atoms with van der Waals surface area (Å²) >= 11 is 0. The molecule has 0 spiro atoms. The fourth-order valence-electron chi connectivity index (χ4n) is 10.9. The van der Waals surface area contributed by atoms with Crippen LogP contribution in [0.1, 0.15) is 123 Å². The van der Waals surface area contributed by atoms with E-state index in [1.165, 1.54) is 30.4 Å². The van der Waals surface area contributed by atoms with Crippen LogP contribution in [0.5, 0.6) is 0 Å². The largest absolute Gasteiger partial charge is 0.459 e. The van der Waals surface area contributed by atoms with Crippen LogP contribution in [-0.2, 0) is 14.2 Å². The third-order valence-electron chi connectivity index (χ3n) is 13.2. The minimum absolute atomic E-state index is 0.0216. The molecule has 0 N–H and O–H groups in total. The van der Waals surface area contributed by atoms with E-state index in [0.717, 1.165) is 38.5 Å². The molecule has 0 radical (unpaired) electrons. The zero-order chi connectivity index (χ0) is 34.4. The summed E-state index contributed by atoms with van der Waals surface area (Å²) in [5, 5.41) is 3.33. The van der Waals surface area contributed by atoms with E-state index >= 15 is 0 Å². The molecule has 8 nitrogen and oxygen atoms in total. The number of hydrogen-bond acceptors (Lipinski definition) is 6. The summed E-state index contributed by atoms with van der Waals surface area (Å²) in [7, 11) is 0. The van der Waals surface area contributed by atoms with Crippen molar-refractivity contribution in [2.45, 2.75) is 131 Å². The summed E-state index contributed by atoms with van der Waals surface area (Å²) in [6, 6.07) is 8.71. The van der Waals surface area contributed by atoms with Crippen LogP contribution in [0, 0.1) is 40.4 Å². The molecular weight excluding hydrogens is 604 g/mol. The lowest BCUT2D eigenvalue weighted by Crippen LogP contribution is -2.67. The Balaban J connectivity index is 1.39. The third kappa shape index (κ3) is 5.93. The Labute approximate surface area is 287 Å². The number of ether oxygens (including phenoxy) is 3. The molecule has 1 aliphatic heterocycles. The van der Waals surface area contributed by atoms with Gasteiger partial charge in [0, 0.05) is 0 Å². The molecule has 6 rings (SSSR count). The monoisotopic (exact) mass is 662 g/mol. The van der Waals surface area contributed by atoms with Crippen LogP contribution in [0.25, 0.3) is 0 Å². The molecule has 1 heterocycles. The number of rotatable bonds is 9. The highest BCUT2D eigenvalue weighted by Gasteiger charge is 2.66. The number of hydrazine groups is 1. The van der Waals surface area contributed by atoms with E-state index in [1.807, 2.05) is 32.0 Å². The molecule has 4 aliphatic carbocycles. The van der Waals surface area contributed by atoms with E-state index in [-0.39, 0.29) is 54.1 Å². The summed E-state index contributed by atoms with van der Waals surface area (Å²) in [5.74, 6) is 1.84. The standard InChI is InChI=1S/C40H58N2O6/c1-8-46-37(44)41-32-23-28-22-29(48-36(43)27-16-11-10-12-17-27)18-20-39(28,6)30-19-21-40(7)31(26(5)15-13-14-25(3)4)24-33(35(40)34(30)32)42(41)38(45)47-9-2/h10-12,16-17,25-26,28-33H,8-9,13-15,18-24H2,1-7H3/t26-,28-,29+,30?,31?,32-,33+,39?,40?/m1/s1. The van der Waals surface area contributed by atoms with E-state index in [4.69, 9.17) is 14.2 Å². The molecule has 8 heteroatoms. The predicted octanol–water partition coefficient (Wildman–Crippen LogP) is 9.20.